The third-order valence-corrected chi connectivity index (χ3v) is 7.03. The van der Waals surface area contributed by atoms with Crippen LogP contribution >= 0.6 is 0 Å². The molecular weight excluding hydrogens is 498 g/mol. The Bertz CT molecular complexity index is 1550. The van der Waals surface area contributed by atoms with E-state index < -0.39 is 11.6 Å². The van der Waals surface area contributed by atoms with Crippen molar-refractivity contribution in [2.45, 2.75) is 20.4 Å². The lowest BCUT2D eigenvalue weighted by molar-refractivity contribution is 0.207. The zero-order chi connectivity index (χ0) is 27.5. The standard InChI is InChI=1S/C30H30F2N6O/c1-4-28(37-12-10-36(3)11-13-37)24-17-33-30(34-18-24)22-7-5-6-21(14-22)19-38-29(39)9-8-27(35-38)23-15-25(31)20(2)26(32)16-23/h4-9,14-18H,10-13,19H2,1-3H3/b28-4+. The van der Waals surface area contributed by atoms with Crippen molar-refractivity contribution in [2.24, 2.45) is 0 Å². The molecule has 2 aromatic heterocycles. The lowest BCUT2D eigenvalue weighted by Crippen LogP contribution is -2.43. The number of rotatable bonds is 6. The Morgan fingerprint density at radius 3 is 2.31 bits per heavy atom. The lowest BCUT2D eigenvalue weighted by atomic mass is 10.1. The molecule has 0 N–H and O–H groups in total. The Hall–Kier alpha value is -4.24. The number of likely N-dealkylation sites (N-methyl/N-ethyl adjacent to an activating group) is 1. The van der Waals surface area contributed by atoms with Gasteiger partial charge >= 0.3 is 0 Å². The summed E-state index contributed by atoms with van der Waals surface area (Å²) in [4.78, 5) is 26.5. The van der Waals surface area contributed by atoms with Gasteiger partial charge in [-0.15, -0.1) is 0 Å². The molecule has 0 atom stereocenters. The molecule has 39 heavy (non-hydrogen) atoms. The first-order valence-electron chi connectivity index (χ1n) is 12.9. The Labute approximate surface area is 226 Å². The average molecular weight is 529 g/mol. The molecule has 5 rings (SSSR count). The van der Waals surface area contributed by atoms with Gasteiger partial charge in [-0.2, -0.15) is 5.10 Å². The van der Waals surface area contributed by atoms with Gasteiger partial charge in [0.1, 0.15) is 11.6 Å². The van der Waals surface area contributed by atoms with Crippen molar-refractivity contribution in [1.82, 2.24) is 29.5 Å². The molecule has 1 aliphatic rings. The number of nitrogens with zero attached hydrogens (tertiary/aromatic N) is 6. The number of hydrogen-bond donors (Lipinski definition) is 0. The highest BCUT2D eigenvalue weighted by atomic mass is 19.1. The fourth-order valence-corrected chi connectivity index (χ4v) is 4.68. The number of piperazine rings is 1. The highest BCUT2D eigenvalue weighted by molar-refractivity contribution is 5.64. The van der Waals surface area contributed by atoms with Gasteiger partial charge in [0.25, 0.3) is 5.56 Å². The monoisotopic (exact) mass is 528 g/mol. The molecule has 2 aromatic carbocycles. The van der Waals surface area contributed by atoms with E-state index in [0.717, 1.165) is 48.6 Å². The molecular formula is C30H30F2N6O. The van der Waals surface area contributed by atoms with Crippen LogP contribution in [-0.2, 0) is 6.54 Å². The Morgan fingerprint density at radius 2 is 1.64 bits per heavy atom. The van der Waals surface area contributed by atoms with Gasteiger partial charge in [0, 0.05) is 72.6 Å². The van der Waals surface area contributed by atoms with Gasteiger partial charge in [0.05, 0.1) is 12.2 Å². The minimum absolute atomic E-state index is 0.0552. The van der Waals surface area contributed by atoms with Crippen LogP contribution in [0.3, 0.4) is 0 Å². The molecule has 0 amide bonds. The second-order valence-electron chi connectivity index (χ2n) is 9.74. The van der Waals surface area contributed by atoms with Crippen molar-refractivity contribution >= 4 is 5.70 Å². The minimum Gasteiger partial charge on any atom is -0.369 e. The fraction of sp³-hybridized carbons (Fsp3) is 0.267. The first-order chi connectivity index (χ1) is 18.8. The average Bonchev–Trinajstić information content (AvgIpc) is 2.94. The van der Waals surface area contributed by atoms with Crippen LogP contribution in [0.25, 0.3) is 28.3 Å². The van der Waals surface area contributed by atoms with Gasteiger partial charge in [-0.1, -0.05) is 24.3 Å². The van der Waals surface area contributed by atoms with Crippen molar-refractivity contribution in [3.8, 4) is 22.6 Å². The van der Waals surface area contributed by atoms with Gasteiger partial charge in [0.15, 0.2) is 5.82 Å². The summed E-state index contributed by atoms with van der Waals surface area (Å²) < 4.78 is 29.5. The van der Waals surface area contributed by atoms with Crippen LogP contribution in [0.5, 0.6) is 0 Å². The van der Waals surface area contributed by atoms with Crippen LogP contribution < -0.4 is 5.56 Å². The zero-order valence-corrected chi connectivity index (χ0v) is 22.2. The molecule has 4 aromatic rings. The molecule has 0 radical (unpaired) electrons. The Kier molecular flexibility index (Phi) is 7.60. The molecule has 0 spiro atoms. The summed E-state index contributed by atoms with van der Waals surface area (Å²) in [5, 5.41) is 4.37. The summed E-state index contributed by atoms with van der Waals surface area (Å²) in [6, 6.07) is 12.9. The van der Waals surface area contributed by atoms with Gasteiger partial charge in [-0.25, -0.2) is 23.4 Å². The molecule has 0 bridgehead atoms. The third kappa shape index (κ3) is 5.78. The van der Waals surface area contributed by atoms with Crippen LogP contribution in [0.1, 0.15) is 23.6 Å². The van der Waals surface area contributed by atoms with E-state index in [1.807, 2.05) is 43.6 Å². The molecule has 0 saturated carbocycles. The smallest absolute Gasteiger partial charge is 0.267 e. The topological polar surface area (TPSA) is 67.2 Å². The molecule has 200 valence electrons. The van der Waals surface area contributed by atoms with Gasteiger partial charge in [-0.05, 0) is 50.7 Å². The number of hydrogen-bond acceptors (Lipinski definition) is 6. The maximum Gasteiger partial charge on any atom is 0.267 e. The predicted molar refractivity (Wildman–Crippen MR) is 148 cm³/mol. The highest BCUT2D eigenvalue weighted by Crippen LogP contribution is 2.24. The SMILES string of the molecule is C/C=C(\c1cnc(-c2cccc(Cn3nc(-c4cc(F)c(C)c(F)c4)ccc3=O)c2)nc1)N1CCN(C)CC1. The van der Waals surface area contributed by atoms with E-state index in [4.69, 9.17) is 0 Å². The molecule has 1 aliphatic heterocycles. The second kappa shape index (κ2) is 11.2. The number of benzene rings is 2. The van der Waals surface area contributed by atoms with Crippen molar-refractivity contribution in [1.29, 1.82) is 0 Å². The Balaban J connectivity index is 1.36. The summed E-state index contributed by atoms with van der Waals surface area (Å²) in [6.07, 6.45) is 5.79. The number of aromatic nitrogens is 4. The first-order valence-corrected chi connectivity index (χ1v) is 12.9. The van der Waals surface area contributed by atoms with E-state index in [1.54, 1.807) is 0 Å². The molecule has 0 unspecified atom stereocenters. The molecule has 1 fully saturated rings. The van der Waals surface area contributed by atoms with Crippen LogP contribution in [0.15, 0.2) is 71.8 Å². The zero-order valence-electron chi connectivity index (χ0n) is 22.2. The summed E-state index contributed by atoms with van der Waals surface area (Å²) in [5.41, 5.74) is 3.93. The van der Waals surface area contributed by atoms with E-state index >= 15 is 0 Å². The summed E-state index contributed by atoms with van der Waals surface area (Å²) in [6.45, 7) is 7.54. The van der Waals surface area contributed by atoms with E-state index in [0.29, 0.717) is 11.5 Å². The predicted octanol–water partition coefficient (Wildman–Crippen LogP) is 4.61. The third-order valence-electron chi connectivity index (χ3n) is 7.03. The van der Waals surface area contributed by atoms with Gasteiger partial charge in [0.2, 0.25) is 0 Å². The van der Waals surface area contributed by atoms with E-state index in [2.05, 4.69) is 38.0 Å². The molecule has 0 aliphatic carbocycles. The van der Waals surface area contributed by atoms with Crippen molar-refractivity contribution < 1.29 is 8.78 Å². The molecule has 9 heteroatoms. The van der Waals surface area contributed by atoms with Crippen molar-refractivity contribution in [3.63, 3.8) is 0 Å². The van der Waals surface area contributed by atoms with Crippen LogP contribution in [-0.4, -0.2) is 62.8 Å². The Morgan fingerprint density at radius 1 is 0.949 bits per heavy atom. The summed E-state index contributed by atoms with van der Waals surface area (Å²) >= 11 is 0. The molecule has 7 nitrogen and oxygen atoms in total. The summed E-state index contributed by atoms with van der Waals surface area (Å²) in [5.74, 6) is -0.740. The normalized spacial score (nSPS) is 14.6. The van der Waals surface area contributed by atoms with E-state index in [-0.39, 0.29) is 23.2 Å². The van der Waals surface area contributed by atoms with Crippen molar-refractivity contribution in [2.75, 3.05) is 33.2 Å². The van der Waals surface area contributed by atoms with E-state index in [9.17, 15) is 13.6 Å². The van der Waals surface area contributed by atoms with Crippen LogP contribution in [0.4, 0.5) is 8.78 Å². The van der Waals surface area contributed by atoms with Gasteiger partial charge < -0.3 is 9.80 Å². The minimum atomic E-state index is -0.659. The molecule has 1 saturated heterocycles. The maximum absolute atomic E-state index is 14.1. The van der Waals surface area contributed by atoms with Crippen molar-refractivity contribution in [3.05, 3.63) is 106 Å². The fourth-order valence-electron chi connectivity index (χ4n) is 4.68. The highest BCUT2D eigenvalue weighted by Gasteiger charge is 2.18. The maximum atomic E-state index is 14.1. The molecule has 3 heterocycles. The van der Waals surface area contributed by atoms with Crippen LogP contribution in [0.2, 0.25) is 0 Å². The number of halogens is 2. The quantitative estimate of drug-likeness (QED) is 0.364. The number of allylic oxidation sites excluding steroid dienone is 1. The largest absolute Gasteiger partial charge is 0.369 e. The summed E-state index contributed by atoms with van der Waals surface area (Å²) in [7, 11) is 2.13. The van der Waals surface area contributed by atoms with Gasteiger partial charge in [-0.3, -0.25) is 4.79 Å². The second-order valence-corrected chi connectivity index (χ2v) is 9.74. The van der Waals surface area contributed by atoms with Crippen LogP contribution in [0, 0.1) is 18.6 Å². The van der Waals surface area contributed by atoms with E-state index in [1.165, 1.54) is 35.9 Å². The first kappa shape index (κ1) is 26.4. The lowest BCUT2D eigenvalue weighted by Gasteiger charge is -2.35.